The molecule has 1 heterocycles. The summed E-state index contributed by atoms with van der Waals surface area (Å²) in [5, 5.41) is 8.98. The molecule has 0 bridgehead atoms. The number of nitrogens with zero attached hydrogens (tertiary/aromatic N) is 1. The van der Waals surface area contributed by atoms with Gasteiger partial charge in [-0.1, -0.05) is 6.07 Å². The van der Waals surface area contributed by atoms with Crippen molar-refractivity contribution in [3.8, 4) is 0 Å². The third-order valence-electron chi connectivity index (χ3n) is 2.57. The molecule has 0 fully saturated rings. The molecular weight excluding hydrogens is 282 g/mol. The van der Waals surface area contributed by atoms with Crippen LogP contribution in [0.25, 0.3) is 0 Å². The molecule has 0 saturated carbocycles. The lowest BCUT2D eigenvalue weighted by molar-refractivity contribution is -0.137. The largest absolute Gasteiger partial charge is 0.443 e. The molecule has 2 aromatic rings. The fraction of sp³-hybridized carbons (Fsp3) is 0.250. The zero-order chi connectivity index (χ0) is 14.2. The van der Waals surface area contributed by atoms with Crippen LogP contribution in [-0.4, -0.2) is 10.1 Å². The molecule has 2 nitrogen and oxygen atoms in total. The Labute approximate surface area is 110 Å². The maximum atomic E-state index is 13.1. The number of thiazole rings is 1. The summed E-state index contributed by atoms with van der Waals surface area (Å²) >= 11 is 0.349. The highest BCUT2D eigenvalue weighted by molar-refractivity contribution is 7.11. The predicted molar refractivity (Wildman–Crippen MR) is 62.3 cm³/mol. The molecule has 1 N–H and O–H groups in total. The van der Waals surface area contributed by atoms with Crippen molar-refractivity contribution in [3.63, 3.8) is 0 Å². The number of benzene rings is 1. The number of halogens is 4. The van der Waals surface area contributed by atoms with E-state index in [1.165, 1.54) is 12.1 Å². The second-order valence-corrected chi connectivity index (χ2v) is 5.03. The molecule has 0 spiro atoms. The Kier molecular flexibility index (Phi) is 3.60. The van der Waals surface area contributed by atoms with Gasteiger partial charge < -0.3 is 5.11 Å². The highest BCUT2D eigenvalue weighted by Gasteiger charge is 2.35. The van der Waals surface area contributed by atoms with Gasteiger partial charge >= 0.3 is 6.18 Å². The van der Waals surface area contributed by atoms with Crippen molar-refractivity contribution < 1.29 is 22.7 Å². The van der Waals surface area contributed by atoms with E-state index in [1.54, 1.807) is 6.92 Å². The third-order valence-corrected chi connectivity index (χ3v) is 3.67. The molecule has 1 unspecified atom stereocenters. The van der Waals surface area contributed by atoms with Crippen LogP contribution in [0.5, 0.6) is 0 Å². The van der Waals surface area contributed by atoms with Crippen molar-refractivity contribution in [2.75, 3.05) is 0 Å². The monoisotopic (exact) mass is 291 g/mol. The van der Waals surface area contributed by atoms with Crippen molar-refractivity contribution in [1.82, 2.24) is 4.98 Å². The summed E-state index contributed by atoms with van der Waals surface area (Å²) in [6.45, 7) is 1.64. The third kappa shape index (κ3) is 2.93. The van der Waals surface area contributed by atoms with E-state index in [-0.39, 0.29) is 10.4 Å². The van der Waals surface area contributed by atoms with E-state index in [9.17, 15) is 22.7 Å². The molecular formula is C12H9F4NOS. The van der Waals surface area contributed by atoms with Gasteiger partial charge in [-0.25, -0.2) is 9.37 Å². The van der Waals surface area contributed by atoms with E-state index in [4.69, 9.17) is 0 Å². The number of aryl methyl sites for hydroxylation is 1. The van der Waals surface area contributed by atoms with Gasteiger partial charge in [0.15, 0.2) is 5.01 Å². The van der Waals surface area contributed by atoms with E-state index < -0.39 is 23.1 Å². The minimum atomic E-state index is -4.54. The van der Waals surface area contributed by atoms with Gasteiger partial charge in [-0.05, 0) is 30.2 Å². The summed E-state index contributed by atoms with van der Waals surface area (Å²) in [4.78, 5) is 3.25. The number of hydrogen-bond donors (Lipinski definition) is 1. The lowest BCUT2D eigenvalue weighted by Crippen LogP contribution is -2.03. The number of aliphatic hydroxyl groups is 1. The SMILES string of the molecule is Cc1ccc(F)cc1C(O)c1cnc(C(F)(F)F)s1. The van der Waals surface area contributed by atoms with Crippen LogP contribution in [0.4, 0.5) is 17.6 Å². The molecule has 0 saturated heterocycles. The molecule has 7 heteroatoms. The zero-order valence-electron chi connectivity index (χ0n) is 9.70. The number of rotatable bonds is 2. The Bertz CT molecular complexity index is 594. The van der Waals surface area contributed by atoms with Crippen LogP contribution in [0, 0.1) is 12.7 Å². The molecule has 1 aromatic carbocycles. The van der Waals surface area contributed by atoms with Gasteiger partial charge in [0.2, 0.25) is 0 Å². The van der Waals surface area contributed by atoms with Gasteiger partial charge in [0.25, 0.3) is 0 Å². The number of aliphatic hydroxyl groups excluding tert-OH is 1. The quantitative estimate of drug-likeness (QED) is 0.856. The molecule has 0 amide bonds. The fourth-order valence-electron chi connectivity index (χ4n) is 1.60. The van der Waals surface area contributed by atoms with Crippen molar-refractivity contribution in [3.05, 3.63) is 51.2 Å². The number of aromatic nitrogens is 1. The minimum absolute atomic E-state index is 0.0287. The van der Waals surface area contributed by atoms with Gasteiger partial charge in [0, 0.05) is 6.20 Å². The fourth-order valence-corrected chi connectivity index (χ4v) is 2.39. The van der Waals surface area contributed by atoms with Crippen LogP contribution in [0.2, 0.25) is 0 Å². The van der Waals surface area contributed by atoms with Crippen molar-refractivity contribution >= 4 is 11.3 Å². The lowest BCUT2D eigenvalue weighted by Gasteiger charge is -2.11. The second kappa shape index (κ2) is 4.90. The Morgan fingerprint density at radius 2 is 2.00 bits per heavy atom. The molecule has 1 aromatic heterocycles. The summed E-state index contributed by atoms with van der Waals surface area (Å²) in [5.74, 6) is -0.555. The first-order chi connectivity index (χ1) is 8.79. The van der Waals surface area contributed by atoms with E-state index >= 15 is 0 Å². The van der Waals surface area contributed by atoms with Gasteiger partial charge in [0.05, 0.1) is 4.88 Å². The molecule has 1 atom stereocenters. The minimum Gasteiger partial charge on any atom is -0.383 e. The van der Waals surface area contributed by atoms with E-state index in [2.05, 4.69) is 4.98 Å². The molecule has 19 heavy (non-hydrogen) atoms. The normalized spacial score (nSPS) is 13.6. The van der Waals surface area contributed by atoms with Crippen molar-refractivity contribution in [1.29, 1.82) is 0 Å². The maximum absolute atomic E-state index is 13.1. The summed E-state index contributed by atoms with van der Waals surface area (Å²) in [6, 6.07) is 3.78. The first-order valence-corrected chi connectivity index (χ1v) is 6.07. The average Bonchev–Trinajstić information content (AvgIpc) is 2.80. The summed E-state index contributed by atoms with van der Waals surface area (Å²) in [7, 11) is 0. The average molecular weight is 291 g/mol. The smallest absolute Gasteiger partial charge is 0.383 e. The van der Waals surface area contributed by atoms with Crippen LogP contribution in [0.1, 0.15) is 27.1 Å². The Morgan fingerprint density at radius 3 is 2.58 bits per heavy atom. The Hall–Kier alpha value is -1.47. The van der Waals surface area contributed by atoms with Gasteiger partial charge in [-0.15, -0.1) is 11.3 Å². The highest BCUT2D eigenvalue weighted by atomic mass is 32.1. The van der Waals surface area contributed by atoms with Crippen LogP contribution in [0.15, 0.2) is 24.4 Å². The van der Waals surface area contributed by atoms with E-state index in [0.29, 0.717) is 16.9 Å². The first-order valence-electron chi connectivity index (χ1n) is 5.26. The van der Waals surface area contributed by atoms with Crippen LogP contribution in [-0.2, 0) is 6.18 Å². The summed E-state index contributed by atoms with van der Waals surface area (Å²) in [6.07, 6.45) is -4.90. The molecule has 0 aliphatic heterocycles. The van der Waals surface area contributed by atoms with Crippen LogP contribution >= 0.6 is 11.3 Å². The van der Waals surface area contributed by atoms with Gasteiger partial charge in [-0.3, -0.25) is 0 Å². The van der Waals surface area contributed by atoms with Crippen LogP contribution < -0.4 is 0 Å². The molecule has 102 valence electrons. The molecule has 2 rings (SSSR count). The molecule has 0 aliphatic carbocycles. The van der Waals surface area contributed by atoms with Gasteiger partial charge in [0.1, 0.15) is 11.9 Å². The summed E-state index contributed by atoms with van der Waals surface area (Å²) in [5.41, 5.74) is 0.827. The Balaban J connectivity index is 2.36. The topological polar surface area (TPSA) is 33.1 Å². The first kappa shape index (κ1) is 14.0. The molecule has 0 aliphatic rings. The Morgan fingerprint density at radius 1 is 1.32 bits per heavy atom. The zero-order valence-corrected chi connectivity index (χ0v) is 10.5. The number of alkyl halides is 3. The van der Waals surface area contributed by atoms with Crippen LogP contribution in [0.3, 0.4) is 0 Å². The number of hydrogen-bond acceptors (Lipinski definition) is 3. The second-order valence-electron chi connectivity index (χ2n) is 3.97. The predicted octanol–water partition coefficient (Wildman–Crippen LogP) is 3.69. The molecule has 0 radical (unpaired) electrons. The highest BCUT2D eigenvalue weighted by Crippen LogP contribution is 2.36. The van der Waals surface area contributed by atoms with Crippen molar-refractivity contribution in [2.45, 2.75) is 19.2 Å². The summed E-state index contributed by atoms with van der Waals surface area (Å²) < 4.78 is 50.4. The van der Waals surface area contributed by atoms with E-state index in [1.807, 2.05) is 0 Å². The standard InChI is InChI=1S/C12H9F4NOS/c1-6-2-3-7(13)4-8(6)10(18)9-5-17-11(19-9)12(14,15)16/h2-5,10,18H,1H3. The van der Waals surface area contributed by atoms with E-state index in [0.717, 1.165) is 12.3 Å². The van der Waals surface area contributed by atoms with Gasteiger partial charge in [-0.2, -0.15) is 13.2 Å². The maximum Gasteiger partial charge on any atom is 0.443 e. The van der Waals surface area contributed by atoms with Crippen molar-refractivity contribution in [2.24, 2.45) is 0 Å². The lowest BCUT2D eigenvalue weighted by atomic mass is 10.0.